The molecule has 4 aromatic rings. The van der Waals surface area contributed by atoms with Crippen LogP contribution in [-0.2, 0) is 17.9 Å². The van der Waals surface area contributed by atoms with Crippen molar-refractivity contribution in [1.29, 1.82) is 0 Å². The number of benzene rings is 1. The molecule has 2 saturated heterocycles. The SMILES string of the molecule is C[C@@H](c1nc2ccc(C(=O)O)cc2n1C[C@@H]1CCO1)N1CCC(c2cccc(OCc3ccncc3F)n2)CC1. The van der Waals surface area contributed by atoms with Crippen molar-refractivity contribution in [2.24, 2.45) is 0 Å². The quantitative estimate of drug-likeness (QED) is 0.315. The van der Waals surface area contributed by atoms with E-state index in [1.807, 2.05) is 12.1 Å². The zero-order chi connectivity index (χ0) is 27.6. The van der Waals surface area contributed by atoms with Gasteiger partial charge in [-0.25, -0.2) is 19.2 Å². The minimum absolute atomic E-state index is 0.0552. The lowest BCUT2D eigenvalue weighted by Gasteiger charge is -2.36. The van der Waals surface area contributed by atoms with E-state index in [0.717, 1.165) is 61.5 Å². The van der Waals surface area contributed by atoms with Gasteiger partial charge in [-0.3, -0.25) is 9.88 Å². The van der Waals surface area contributed by atoms with Crippen molar-refractivity contribution in [3.05, 3.63) is 83.3 Å². The topological polar surface area (TPSA) is 103 Å². The van der Waals surface area contributed by atoms with Crippen molar-refractivity contribution in [1.82, 2.24) is 24.4 Å². The highest BCUT2D eigenvalue weighted by Crippen LogP contribution is 2.34. The van der Waals surface area contributed by atoms with Gasteiger partial charge in [0.25, 0.3) is 0 Å². The van der Waals surface area contributed by atoms with Crippen molar-refractivity contribution in [3.63, 3.8) is 0 Å². The molecule has 2 fully saturated rings. The fraction of sp³-hybridized carbons (Fsp3) is 0.400. The van der Waals surface area contributed by atoms with Crippen LogP contribution in [0.5, 0.6) is 5.88 Å². The maximum Gasteiger partial charge on any atom is 0.335 e. The molecule has 3 aromatic heterocycles. The first kappa shape index (κ1) is 26.3. The highest BCUT2D eigenvalue weighted by atomic mass is 19.1. The fourth-order valence-electron chi connectivity index (χ4n) is 5.57. The second-order valence-electron chi connectivity index (χ2n) is 10.5. The first-order valence-electron chi connectivity index (χ1n) is 13.7. The number of likely N-dealkylation sites (tertiary alicyclic amines) is 1. The van der Waals surface area contributed by atoms with Crippen molar-refractivity contribution in [3.8, 4) is 5.88 Å². The van der Waals surface area contributed by atoms with Crippen molar-refractivity contribution in [2.75, 3.05) is 19.7 Å². The van der Waals surface area contributed by atoms with Crippen LogP contribution in [0.4, 0.5) is 4.39 Å². The van der Waals surface area contributed by atoms with E-state index in [9.17, 15) is 14.3 Å². The zero-order valence-electron chi connectivity index (χ0n) is 22.4. The standard InChI is InChI=1S/C30H32FN5O4/c1-19(29-34-26-6-5-21(30(37)38)15-27(26)36(29)17-23-10-14-39-23)35-12-8-20(9-13-35)25-3-2-4-28(33-25)40-18-22-7-11-32-16-24(22)31/h2-7,11,15-16,19-20,23H,8-10,12-14,17-18H2,1H3,(H,37,38)/t19-,23-/m0/s1. The molecular formula is C30H32FN5O4. The van der Waals surface area contributed by atoms with Gasteiger partial charge in [-0.1, -0.05) is 6.07 Å². The van der Waals surface area contributed by atoms with Crippen LogP contribution in [0.3, 0.4) is 0 Å². The van der Waals surface area contributed by atoms with Crippen molar-refractivity contribution in [2.45, 2.75) is 57.4 Å². The molecule has 0 aliphatic carbocycles. The van der Waals surface area contributed by atoms with Gasteiger partial charge in [0.05, 0.1) is 41.5 Å². The van der Waals surface area contributed by atoms with Gasteiger partial charge in [0.15, 0.2) is 0 Å². The molecule has 9 nitrogen and oxygen atoms in total. The first-order chi connectivity index (χ1) is 19.5. The van der Waals surface area contributed by atoms with Gasteiger partial charge in [-0.05, 0) is 69.6 Å². The Kier molecular flexibility index (Phi) is 7.44. The Bertz CT molecular complexity index is 1510. The minimum Gasteiger partial charge on any atom is -0.478 e. The molecule has 6 rings (SSSR count). The van der Waals surface area contributed by atoms with Crippen molar-refractivity contribution >= 4 is 17.0 Å². The molecule has 0 bridgehead atoms. The number of carbonyl (C=O) groups is 1. The van der Waals surface area contributed by atoms with E-state index in [1.54, 1.807) is 36.5 Å². The Labute approximate surface area is 231 Å². The summed E-state index contributed by atoms with van der Waals surface area (Å²) in [5.74, 6) is 0.376. The van der Waals surface area contributed by atoms with Crippen LogP contribution in [0.2, 0.25) is 0 Å². The summed E-state index contributed by atoms with van der Waals surface area (Å²) in [5, 5.41) is 9.53. The molecular weight excluding hydrogens is 513 g/mol. The lowest BCUT2D eigenvalue weighted by molar-refractivity contribution is -0.0594. The number of carboxylic acid groups (broad SMARTS) is 1. The fourth-order valence-corrected chi connectivity index (χ4v) is 5.57. The summed E-state index contributed by atoms with van der Waals surface area (Å²) in [5.41, 5.74) is 3.32. The molecule has 40 heavy (non-hydrogen) atoms. The summed E-state index contributed by atoms with van der Waals surface area (Å²) in [6.07, 6.45) is 5.72. The summed E-state index contributed by atoms with van der Waals surface area (Å²) < 4.78 is 27.6. The van der Waals surface area contributed by atoms with E-state index in [-0.39, 0.29) is 24.3 Å². The second kappa shape index (κ2) is 11.3. The van der Waals surface area contributed by atoms with Gasteiger partial charge in [0.2, 0.25) is 5.88 Å². The predicted octanol–water partition coefficient (Wildman–Crippen LogP) is 4.97. The molecule has 0 amide bonds. The number of pyridine rings is 2. The molecule has 10 heteroatoms. The maximum atomic E-state index is 13.9. The largest absolute Gasteiger partial charge is 0.478 e. The number of aromatic nitrogens is 4. The van der Waals surface area contributed by atoms with Crippen LogP contribution in [0.15, 0.2) is 54.9 Å². The molecule has 5 heterocycles. The van der Waals surface area contributed by atoms with Gasteiger partial charge in [-0.2, -0.15) is 0 Å². The lowest BCUT2D eigenvalue weighted by Crippen LogP contribution is -2.37. The average Bonchev–Trinajstić information content (AvgIpc) is 3.32. The van der Waals surface area contributed by atoms with Gasteiger partial charge >= 0.3 is 5.97 Å². The van der Waals surface area contributed by atoms with Crippen LogP contribution in [-0.4, -0.2) is 61.3 Å². The Hall–Kier alpha value is -3.89. The second-order valence-corrected chi connectivity index (χ2v) is 10.5. The molecule has 0 unspecified atom stereocenters. The van der Waals surface area contributed by atoms with Crippen LogP contribution in [0.25, 0.3) is 11.0 Å². The molecule has 208 valence electrons. The monoisotopic (exact) mass is 545 g/mol. The summed E-state index contributed by atoms with van der Waals surface area (Å²) >= 11 is 0. The van der Waals surface area contributed by atoms with E-state index in [2.05, 4.69) is 21.4 Å². The van der Waals surface area contributed by atoms with Crippen LogP contribution >= 0.6 is 0 Å². The number of nitrogens with zero attached hydrogens (tertiary/aromatic N) is 5. The number of imidazole rings is 1. The number of hydrogen-bond donors (Lipinski definition) is 1. The Balaban J connectivity index is 1.14. The highest BCUT2D eigenvalue weighted by Gasteiger charge is 2.30. The number of ether oxygens (including phenoxy) is 2. The van der Waals surface area contributed by atoms with Gasteiger partial charge in [0, 0.05) is 36.0 Å². The first-order valence-corrected chi connectivity index (χ1v) is 13.7. The summed E-state index contributed by atoms with van der Waals surface area (Å²) in [7, 11) is 0. The van der Waals surface area contributed by atoms with Crippen molar-refractivity contribution < 1.29 is 23.8 Å². The normalized spacial score (nSPS) is 18.9. The summed E-state index contributed by atoms with van der Waals surface area (Å²) in [6.45, 7) is 5.45. The third-order valence-electron chi connectivity index (χ3n) is 8.05. The predicted molar refractivity (Wildman–Crippen MR) is 146 cm³/mol. The van der Waals surface area contributed by atoms with E-state index in [1.165, 1.54) is 6.20 Å². The van der Waals surface area contributed by atoms with E-state index in [4.69, 9.17) is 19.4 Å². The third kappa shape index (κ3) is 5.41. The molecule has 2 atom stereocenters. The van der Waals surface area contributed by atoms with E-state index in [0.29, 0.717) is 23.9 Å². The number of aromatic carboxylic acids is 1. The number of piperidine rings is 1. The highest BCUT2D eigenvalue weighted by molar-refractivity contribution is 5.92. The molecule has 0 radical (unpaired) electrons. The van der Waals surface area contributed by atoms with Crippen LogP contribution < -0.4 is 4.74 Å². The summed E-state index contributed by atoms with van der Waals surface area (Å²) in [6, 6.07) is 12.5. The van der Waals surface area contributed by atoms with Gasteiger partial charge in [0.1, 0.15) is 18.2 Å². The molecule has 0 saturated carbocycles. The lowest BCUT2D eigenvalue weighted by atomic mass is 9.92. The van der Waals surface area contributed by atoms with Gasteiger partial charge in [-0.15, -0.1) is 0 Å². The average molecular weight is 546 g/mol. The maximum absolute atomic E-state index is 13.9. The van der Waals surface area contributed by atoms with E-state index < -0.39 is 11.8 Å². The Morgan fingerprint density at radius 3 is 2.73 bits per heavy atom. The Morgan fingerprint density at radius 1 is 1.18 bits per heavy atom. The molecule has 1 aromatic carbocycles. The zero-order valence-corrected chi connectivity index (χ0v) is 22.4. The number of hydrogen-bond acceptors (Lipinski definition) is 7. The summed E-state index contributed by atoms with van der Waals surface area (Å²) in [4.78, 5) is 27.5. The van der Waals surface area contributed by atoms with Crippen LogP contribution in [0.1, 0.15) is 65.6 Å². The smallest absolute Gasteiger partial charge is 0.335 e. The van der Waals surface area contributed by atoms with Gasteiger partial charge < -0.3 is 19.1 Å². The van der Waals surface area contributed by atoms with E-state index >= 15 is 0 Å². The van der Waals surface area contributed by atoms with Crippen LogP contribution in [0, 0.1) is 5.82 Å². The minimum atomic E-state index is -0.946. The molecule has 2 aliphatic rings. The molecule has 2 aliphatic heterocycles. The molecule has 0 spiro atoms. The third-order valence-corrected chi connectivity index (χ3v) is 8.05. The molecule has 1 N–H and O–H groups in total. The number of carboxylic acids is 1. The number of rotatable bonds is 9. The Morgan fingerprint density at radius 2 is 2.00 bits per heavy atom. The number of fused-ring (bicyclic) bond motifs is 1. The number of halogens is 1.